The fourth-order valence-corrected chi connectivity index (χ4v) is 2.58. The SMILES string of the molecule is C/C(=N/O)C(=N)CNc1nc(C(C)(C)C)nc(N2CCC(F)(F)C2)c1C=N. The van der Waals surface area contributed by atoms with Crippen molar-refractivity contribution in [1.82, 2.24) is 9.97 Å². The van der Waals surface area contributed by atoms with Gasteiger partial charge in [0.1, 0.15) is 17.5 Å². The van der Waals surface area contributed by atoms with E-state index in [4.69, 9.17) is 16.0 Å². The molecule has 0 saturated carbocycles. The molecule has 2 rings (SSSR count). The number of alkyl halides is 2. The van der Waals surface area contributed by atoms with E-state index in [0.29, 0.717) is 5.82 Å². The maximum Gasteiger partial charge on any atom is 0.266 e. The summed E-state index contributed by atoms with van der Waals surface area (Å²) in [6.07, 6.45) is 0.760. The van der Waals surface area contributed by atoms with Crippen molar-refractivity contribution < 1.29 is 14.0 Å². The monoisotopic (exact) mass is 381 g/mol. The normalized spacial score (nSPS) is 17.1. The van der Waals surface area contributed by atoms with Crippen molar-refractivity contribution in [2.75, 3.05) is 29.9 Å². The van der Waals surface area contributed by atoms with Gasteiger partial charge >= 0.3 is 0 Å². The molecule has 1 aliphatic heterocycles. The van der Waals surface area contributed by atoms with Gasteiger partial charge in [0.15, 0.2) is 0 Å². The first kappa shape index (κ1) is 20.7. The average Bonchev–Trinajstić information content (AvgIpc) is 2.96. The highest BCUT2D eigenvalue weighted by Crippen LogP contribution is 2.34. The van der Waals surface area contributed by atoms with Gasteiger partial charge in [0.05, 0.1) is 30.1 Å². The predicted molar refractivity (Wildman–Crippen MR) is 102 cm³/mol. The molecular formula is C17H25F2N7O. The summed E-state index contributed by atoms with van der Waals surface area (Å²) >= 11 is 0. The van der Waals surface area contributed by atoms with Crippen LogP contribution in [-0.2, 0) is 5.41 Å². The molecule has 0 amide bonds. The quantitative estimate of drug-likeness (QED) is 0.343. The van der Waals surface area contributed by atoms with E-state index in [1.165, 1.54) is 11.8 Å². The molecule has 2 heterocycles. The molecule has 0 atom stereocenters. The van der Waals surface area contributed by atoms with E-state index in [1.807, 2.05) is 20.8 Å². The molecule has 10 heteroatoms. The fraction of sp³-hybridized carbons (Fsp3) is 0.588. The van der Waals surface area contributed by atoms with Gasteiger partial charge in [-0.1, -0.05) is 25.9 Å². The lowest BCUT2D eigenvalue weighted by Gasteiger charge is -2.25. The summed E-state index contributed by atoms with van der Waals surface area (Å²) in [7, 11) is 0. The van der Waals surface area contributed by atoms with Crippen LogP contribution in [0, 0.1) is 10.8 Å². The Bertz CT molecular complexity index is 771. The molecule has 1 aliphatic rings. The van der Waals surface area contributed by atoms with Gasteiger partial charge in [-0.25, -0.2) is 18.7 Å². The van der Waals surface area contributed by atoms with E-state index in [9.17, 15) is 8.78 Å². The number of hydrogen-bond acceptors (Lipinski definition) is 8. The summed E-state index contributed by atoms with van der Waals surface area (Å²) in [5.41, 5.74) is 0.0263. The average molecular weight is 381 g/mol. The molecule has 1 saturated heterocycles. The lowest BCUT2D eigenvalue weighted by molar-refractivity contribution is 0.0256. The number of halogens is 2. The fourth-order valence-electron chi connectivity index (χ4n) is 2.58. The van der Waals surface area contributed by atoms with Crippen molar-refractivity contribution in [3.8, 4) is 0 Å². The Morgan fingerprint density at radius 1 is 1.41 bits per heavy atom. The minimum absolute atomic E-state index is 0.00687. The van der Waals surface area contributed by atoms with Gasteiger partial charge in [0.2, 0.25) is 0 Å². The zero-order chi connectivity index (χ0) is 20.4. The van der Waals surface area contributed by atoms with E-state index >= 15 is 0 Å². The van der Waals surface area contributed by atoms with Crippen LogP contribution in [0.4, 0.5) is 20.4 Å². The Labute approximate surface area is 156 Å². The molecule has 0 bridgehead atoms. The summed E-state index contributed by atoms with van der Waals surface area (Å²) < 4.78 is 27.4. The van der Waals surface area contributed by atoms with E-state index in [1.54, 1.807) is 0 Å². The Morgan fingerprint density at radius 3 is 2.56 bits per heavy atom. The zero-order valence-corrected chi connectivity index (χ0v) is 15.9. The third-order valence-corrected chi connectivity index (χ3v) is 4.23. The number of rotatable bonds is 6. The lowest BCUT2D eigenvalue weighted by atomic mass is 9.95. The lowest BCUT2D eigenvalue weighted by Crippen LogP contribution is -2.30. The summed E-state index contributed by atoms with van der Waals surface area (Å²) in [5.74, 6) is -1.79. The van der Waals surface area contributed by atoms with Crippen molar-refractivity contribution in [2.24, 2.45) is 5.16 Å². The van der Waals surface area contributed by atoms with Gasteiger partial charge in [-0.15, -0.1) is 0 Å². The summed E-state index contributed by atoms with van der Waals surface area (Å²) in [6, 6.07) is 0. The molecule has 0 radical (unpaired) electrons. The molecule has 27 heavy (non-hydrogen) atoms. The van der Waals surface area contributed by atoms with Crippen molar-refractivity contribution in [3.05, 3.63) is 11.4 Å². The molecule has 0 spiro atoms. The molecule has 1 aromatic heterocycles. The van der Waals surface area contributed by atoms with Gasteiger partial charge in [-0.05, 0) is 6.92 Å². The van der Waals surface area contributed by atoms with E-state index in [-0.39, 0.29) is 48.1 Å². The molecule has 8 nitrogen and oxygen atoms in total. The van der Waals surface area contributed by atoms with Gasteiger partial charge in [0, 0.05) is 24.6 Å². The highest BCUT2D eigenvalue weighted by molar-refractivity contribution is 6.41. The first-order chi connectivity index (χ1) is 12.5. The van der Waals surface area contributed by atoms with Crippen molar-refractivity contribution in [2.45, 2.75) is 45.5 Å². The van der Waals surface area contributed by atoms with Crippen molar-refractivity contribution in [3.63, 3.8) is 0 Å². The third-order valence-electron chi connectivity index (χ3n) is 4.23. The number of nitrogens with one attached hydrogen (secondary N) is 3. The molecule has 148 valence electrons. The predicted octanol–water partition coefficient (Wildman–Crippen LogP) is 2.90. The van der Waals surface area contributed by atoms with Crippen LogP contribution >= 0.6 is 0 Å². The number of hydrogen-bond donors (Lipinski definition) is 4. The Morgan fingerprint density at radius 2 is 2.07 bits per heavy atom. The number of aromatic nitrogens is 2. The minimum Gasteiger partial charge on any atom is -0.411 e. The van der Waals surface area contributed by atoms with Gasteiger partial charge in [-0.3, -0.25) is 0 Å². The molecule has 0 unspecified atom stereocenters. The van der Waals surface area contributed by atoms with Gasteiger partial charge in [-0.2, -0.15) is 0 Å². The van der Waals surface area contributed by atoms with Crippen LogP contribution in [0.5, 0.6) is 0 Å². The smallest absolute Gasteiger partial charge is 0.266 e. The van der Waals surface area contributed by atoms with Crippen LogP contribution in [0.25, 0.3) is 0 Å². The molecule has 0 aromatic carbocycles. The third kappa shape index (κ3) is 4.75. The van der Waals surface area contributed by atoms with Gasteiger partial charge in [0.25, 0.3) is 5.92 Å². The molecule has 1 aromatic rings. The second kappa shape index (κ2) is 7.53. The van der Waals surface area contributed by atoms with Crippen molar-refractivity contribution in [1.29, 1.82) is 10.8 Å². The van der Waals surface area contributed by atoms with Crippen LogP contribution in [0.2, 0.25) is 0 Å². The number of anilines is 2. The summed E-state index contributed by atoms with van der Waals surface area (Å²) in [5, 5.41) is 30.3. The number of nitrogens with zero attached hydrogens (tertiary/aromatic N) is 4. The topological polar surface area (TPSA) is 121 Å². The van der Waals surface area contributed by atoms with E-state index < -0.39 is 17.9 Å². The van der Waals surface area contributed by atoms with Crippen LogP contribution in [0.1, 0.15) is 45.5 Å². The molecule has 0 aliphatic carbocycles. The zero-order valence-electron chi connectivity index (χ0n) is 15.9. The first-order valence-corrected chi connectivity index (χ1v) is 8.54. The van der Waals surface area contributed by atoms with Gasteiger partial charge < -0.3 is 26.2 Å². The van der Waals surface area contributed by atoms with Crippen molar-refractivity contribution >= 4 is 29.3 Å². The Kier molecular flexibility index (Phi) is 5.76. The number of oxime groups is 1. The summed E-state index contributed by atoms with van der Waals surface area (Å²) in [4.78, 5) is 10.4. The molecule has 1 fully saturated rings. The minimum atomic E-state index is -2.80. The second-order valence-corrected chi connectivity index (χ2v) is 7.57. The maximum absolute atomic E-state index is 13.7. The highest BCUT2D eigenvalue weighted by atomic mass is 19.3. The largest absolute Gasteiger partial charge is 0.411 e. The highest BCUT2D eigenvalue weighted by Gasteiger charge is 2.40. The molecule has 4 N–H and O–H groups in total. The Hall–Kier alpha value is -2.65. The second-order valence-electron chi connectivity index (χ2n) is 7.57. The van der Waals surface area contributed by atoms with Crippen LogP contribution in [0.15, 0.2) is 5.16 Å². The summed E-state index contributed by atoms with van der Waals surface area (Å²) in [6.45, 7) is 6.89. The van der Waals surface area contributed by atoms with E-state index in [2.05, 4.69) is 20.4 Å². The Balaban J connectivity index is 2.46. The maximum atomic E-state index is 13.7. The first-order valence-electron chi connectivity index (χ1n) is 8.54. The van der Waals surface area contributed by atoms with Crippen LogP contribution in [0.3, 0.4) is 0 Å². The van der Waals surface area contributed by atoms with Crippen LogP contribution in [-0.4, -0.2) is 58.4 Å². The standard InChI is InChI=1S/C17H25F2N7O/c1-10(25-27)12(21)8-22-13-11(7-20)14(24-15(23-13)16(2,3)4)26-6-5-17(18,19)9-26/h7,20-21,27H,5-6,8-9H2,1-4H3,(H,22,23,24)/b20-7?,21-12?,25-10-. The van der Waals surface area contributed by atoms with E-state index in [0.717, 1.165) is 6.21 Å². The molecular weight excluding hydrogens is 356 g/mol. The van der Waals surface area contributed by atoms with Crippen LogP contribution < -0.4 is 10.2 Å².